The molecular formula is C24H22O4. The van der Waals surface area contributed by atoms with Crippen molar-refractivity contribution in [1.82, 2.24) is 0 Å². The number of aromatic hydroxyl groups is 1. The van der Waals surface area contributed by atoms with E-state index in [1.54, 1.807) is 25.3 Å². The maximum atomic E-state index is 12.5. The molecule has 3 aromatic rings. The lowest BCUT2D eigenvalue weighted by atomic mass is 10.1. The Morgan fingerprint density at radius 3 is 2.54 bits per heavy atom. The molecule has 4 nitrogen and oxygen atoms in total. The van der Waals surface area contributed by atoms with E-state index in [2.05, 4.69) is 0 Å². The van der Waals surface area contributed by atoms with Crippen LogP contribution in [0.25, 0.3) is 6.08 Å². The third-order valence-electron chi connectivity index (χ3n) is 4.29. The number of carbonyl (C=O) groups excluding carboxylic acids is 1. The molecule has 0 unspecified atom stereocenters. The Kier molecular flexibility index (Phi) is 6.12. The molecular weight excluding hydrogens is 352 g/mol. The minimum absolute atomic E-state index is 0.115. The average molecular weight is 374 g/mol. The second-order valence-electron chi connectivity index (χ2n) is 6.40. The zero-order chi connectivity index (χ0) is 19.9. The number of aryl methyl sites for hydroxylation is 1. The monoisotopic (exact) mass is 374 g/mol. The van der Waals surface area contributed by atoms with Gasteiger partial charge in [0.2, 0.25) is 0 Å². The van der Waals surface area contributed by atoms with E-state index in [0.29, 0.717) is 18.1 Å². The molecule has 0 saturated heterocycles. The van der Waals surface area contributed by atoms with Gasteiger partial charge in [-0.2, -0.15) is 0 Å². The van der Waals surface area contributed by atoms with E-state index in [4.69, 9.17) is 9.47 Å². The molecule has 28 heavy (non-hydrogen) atoms. The normalized spacial score (nSPS) is 10.8. The fourth-order valence-corrected chi connectivity index (χ4v) is 2.76. The summed E-state index contributed by atoms with van der Waals surface area (Å²) in [4.78, 5) is 12.5. The SMILES string of the molecule is COc1cc(C)ccc1C=CC(=O)c1ccc(OCc2ccccc2)cc1O. The number of ketones is 1. The topological polar surface area (TPSA) is 55.8 Å². The molecule has 0 spiro atoms. The molecule has 0 atom stereocenters. The van der Waals surface area contributed by atoms with E-state index < -0.39 is 0 Å². The van der Waals surface area contributed by atoms with E-state index >= 15 is 0 Å². The van der Waals surface area contributed by atoms with Crippen LogP contribution < -0.4 is 9.47 Å². The van der Waals surface area contributed by atoms with Gasteiger partial charge in [0.25, 0.3) is 0 Å². The first kappa shape index (κ1) is 19.2. The van der Waals surface area contributed by atoms with Gasteiger partial charge in [-0.1, -0.05) is 42.5 Å². The highest BCUT2D eigenvalue weighted by molar-refractivity contribution is 6.08. The van der Waals surface area contributed by atoms with Gasteiger partial charge in [0, 0.05) is 11.6 Å². The molecule has 0 aliphatic rings. The molecule has 0 bridgehead atoms. The van der Waals surface area contributed by atoms with Gasteiger partial charge in [0.05, 0.1) is 12.7 Å². The number of allylic oxidation sites excluding steroid dienone is 1. The van der Waals surface area contributed by atoms with Gasteiger partial charge in [0.1, 0.15) is 23.9 Å². The summed E-state index contributed by atoms with van der Waals surface area (Å²) in [6.07, 6.45) is 3.10. The Labute approximate surface area is 164 Å². The number of phenols is 1. The van der Waals surface area contributed by atoms with E-state index in [1.807, 2.05) is 55.5 Å². The Hall–Kier alpha value is -3.53. The quantitative estimate of drug-likeness (QED) is 0.457. The number of methoxy groups -OCH3 is 1. The summed E-state index contributed by atoms with van der Waals surface area (Å²) in [5.74, 6) is 0.783. The maximum absolute atomic E-state index is 12.5. The van der Waals surface area contributed by atoms with Crippen LogP contribution in [0.5, 0.6) is 17.2 Å². The van der Waals surface area contributed by atoms with Crippen molar-refractivity contribution in [2.24, 2.45) is 0 Å². The van der Waals surface area contributed by atoms with Crippen molar-refractivity contribution >= 4 is 11.9 Å². The summed E-state index contributed by atoms with van der Waals surface area (Å²) >= 11 is 0. The van der Waals surface area contributed by atoms with E-state index in [9.17, 15) is 9.90 Å². The lowest BCUT2D eigenvalue weighted by molar-refractivity contribution is 0.104. The van der Waals surface area contributed by atoms with Crippen LogP contribution in [-0.4, -0.2) is 18.0 Å². The molecule has 3 aromatic carbocycles. The molecule has 0 radical (unpaired) electrons. The molecule has 0 aliphatic heterocycles. The first-order chi connectivity index (χ1) is 13.6. The number of carbonyl (C=O) groups is 1. The molecule has 4 heteroatoms. The smallest absolute Gasteiger partial charge is 0.189 e. The minimum Gasteiger partial charge on any atom is -0.507 e. The van der Waals surface area contributed by atoms with Gasteiger partial charge >= 0.3 is 0 Å². The van der Waals surface area contributed by atoms with Crippen LogP contribution in [0.1, 0.15) is 27.0 Å². The first-order valence-electron chi connectivity index (χ1n) is 8.93. The molecule has 0 fully saturated rings. The van der Waals surface area contributed by atoms with Crippen molar-refractivity contribution < 1.29 is 19.4 Å². The molecule has 0 saturated carbocycles. The average Bonchev–Trinajstić information content (AvgIpc) is 2.71. The summed E-state index contributed by atoms with van der Waals surface area (Å²) in [5, 5.41) is 10.2. The minimum atomic E-state index is -0.297. The van der Waals surface area contributed by atoms with Gasteiger partial charge in [0.15, 0.2) is 5.78 Å². The highest BCUT2D eigenvalue weighted by Crippen LogP contribution is 2.26. The predicted octanol–water partition coefficient (Wildman–Crippen LogP) is 5.18. The third-order valence-corrected chi connectivity index (χ3v) is 4.29. The van der Waals surface area contributed by atoms with E-state index in [1.165, 1.54) is 12.1 Å². The second-order valence-corrected chi connectivity index (χ2v) is 6.40. The van der Waals surface area contributed by atoms with Crippen LogP contribution in [0, 0.1) is 6.92 Å². The Balaban J connectivity index is 1.70. The number of benzene rings is 3. The van der Waals surface area contributed by atoms with Crippen LogP contribution in [0.4, 0.5) is 0 Å². The maximum Gasteiger partial charge on any atom is 0.189 e. The summed E-state index contributed by atoms with van der Waals surface area (Å²) in [6.45, 7) is 2.36. The van der Waals surface area contributed by atoms with Crippen molar-refractivity contribution in [3.63, 3.8) is 0 Å². The number of hydrogen-bond acceptors (Lipinski definition) is 4. The van der Waals surface area contributed by atoms with E-state index in [0.717, 1.165) is 16.7 Å². The standard InChI is InChI=1S/C24H22O4/c1-17-8-9-19(24(14-17)27-2)10-13-22(25)21-12-11-20(15-23(21)26)28-16-18-6-4-3-5-7-18/h3-15,26H,16H2,1-2H3. The highest BCUT2D eigenvalue weighted by atomic mass is 16.5. The van der Waals surface area contributed by atoms with Crippen LogP contribution in [0.2, 0.25) is 0 Å². The Morgan fingerprint density at radius 2 is 1.82 bits per heavy atom. The van der Waals surface area contributed by atoms with E-state index in [-0.39, 0.29) is 17.1 Å². The molecule has 0 amide bonds. The van der Waals surface area contributed by atoms with Crippen molar-refractivity contribution in [2.45, 2.75) is 13.5 Å². The van der Waals surface area contributed by atoms with Crippen molar-refractivity contribution in [3.05, 3.63) is 95.1 Å². The predicted molar refractivity (Wildman–Crippen MR) is 110 cm³/mol. The third kappa shape index (κ3) is 4.80. The molecule has 0 aromatic heterocycles. The van der Waals surface area contributed by atoms with Gasteiger partial charge < -0.3 is 14.6 Å². The zero-order valence-corrected chi connectivity index (χ0v) is 15.9. The Bertz CT molecular complexity index is 991. The number of ether oxygens (including phenoxy) is 2. The lowest BCUT2D eigenvalue weighted by Gasteiger charge is -2.08. The van der Waals surface area contributed by atoms with Crippen LogP contribution in [0.3, 0.4) is 0 Å². The van der Waals surface area contributed by atoms with Crippen molar-refractivity contribution in [3.8, 4) is 17.2 Å². The largest absolute Gasteiger partial charge is 0.507 e. The summed E-state index contributed by atoms with van der Waals surface area (Å²) in [7, 11) is 1.59. The van der Waals surface area contributed by atoms with Gasteiger partial charge in [-0.3, -0.25) is 4.79 Å². The van der Waals surface area contributed by atoms with Crippen LogP contribution in [0.15, 0.2) is 72.8 Å². The summed E-state index contributed by atoms with van der Waals surface area (Å²) in [6, 6.07) is 20.2. The molecule has 142 valence electrons. The number of rotatable bonds is 7. The first-order valence-corrected chi connectivity index (χ1v) is 8.93. The van der Waals surface area contributed by atoms with Gasteiger partial charge in [-0.05, 0) is 48.4 Å². The second kappa shape index (κ2) is 8.91. The summed E-state index contributed by atoms with van der Waals surface area (Å²) < 4.78 is 11.0. The van der Waals surface area contributed by atoms with Crippen molar-refractivity contribution in [1.29, 1.82) is 0 Å². The molecule has 1 N–H and O–H groups in total. The fourth-order valence-electron chi connectivity index (χ4n) is 2.76. The Morgan fingerprint density at radius 1 is 1.04 bits per heavy atom. The molecule has 0 aliphatic carbocycles. The highest BCUT2D eigenvalue weighted by Gasteiger charge is 2.10. The summed E-state index contributed by atoms with van der Waals surface area (Å²) in [5.41, 5.74) is 3.11. The number of hydrogen-bond donors (Lipinski definition) is 1. The van der Waals surface area contributed by atoms with Gasteiger partial charge in [-0.15, -0.1) is 0 Å². The van der Waals surface area contributed by atoms with Crippen LogP contribution >= 0.6 is 0 Å². The molecule has 0 heterocycles. The lowest BCUT2D eigenvalue weighted by Crippen LogP contribution is -1.98. The zero-order valence-electron chi connectivity index (χ0n) is 15.9. The van der Waals surface area contributed by atoms with Crippen LogP contribution in [-0.2, 0) is 6.61 Å². The van der Waals surface area contributed by atoms with Crippen molar-refractivity contribution in [2.75, 3.05) is 7.11 Å². The molecule has 3 rings (SSSR count). The fraction of sp³-hybridized carbons (Fsp3) is 0.125. The van der Waals surface area contributed by atoms with Gasteiger partial charge in [-0.25, -0.2) is 0 Å². The number of phenolic OH excluding ortho intramolecular Hbond substituents is 1.